The second-order valence-electron chi connectivity index (χ2n) is 4.52. The topological polar surface area (TPSA) is 62.2 Å². The Bertz CT molecular complexity index is 592. The summed E-state index contributed by atoms with van der Waals surface area (Å²) in [7, 11) is 0. The Kier molecular flexibility index (Phi) is 3.80. The number of rotatable bonds is 4. The first-order valence-electron chi connectivity index (χ1n) is 6.05. The summed E-state index contributed by atoms with van der Waals surface area (Å²) in [4.78, 5) is 15.1. The molecule has 98 valence electrons. The molecule has 1 aromatic carbocycles. The lowest BCUT2D eigenvalue weighted by Gasteiger charge is -2.10. The first kappa shape index (κ1) is 13.1. The van der Waals surface area contributed by atoms with E-state index in [1.165, 1.54) is 11.8 Å². The van der Waals surface area contributed by atoms with Crippen LogP contribution >= 0.6 is 0 Å². The van der Waals surface area contributed by atoms with E-state index in [9.17, 15) is 4.79 Å². The second kappa shape index (κ2) is 5.52. The summed E-state index contributed by atoms with van der Waals surface area (Å²) in [5.74, 6) is -0.973. The first-order chi connectivity index (χ1) is 9.06. The maximum Gasteiger partial charge on any atom is 0.339 e. The molecular weight excluding hydrogens is 240 g/mol. The van der Waals surface area contributed by atoms with E-state index in [1.54, 1.807) is 6.07 Å². The summed E-state index contributed by atoms with van der Waals surface area (Å²) in [5, 5.41) is 12.3. The molecular formula is C15H16N2O2. The van der Waals surface area contributed by atoms with E-state index >= 15 is 0 Å². The molecule has 0 unspecified atom stereocenters. The van der Waals surface area contributed by atoms with Crippen LogP contribution in [0.2, 0.25) is 0 Å². The van der Waals surface area contributed by atoms with Gasteiger partial charge in [-0.05, 0) is 25.5 Å². The highest BCUT2D eigenvalue weighted by Gasteiger charge is 2.10. The molecule has 4 nitrogen and oxygen atoms in total. The minimum atomic E-state index is -0.973. The molecule has 0 aliphatic heterocycles. The lowest BCUT2D eigenvalue weighted by molar-refractivity contribution is 0.0697. The van der Waals surface area contributed by atoms with Crippen LogP contribution in [-0.4, -0.2) is 16.1 Å². The molecule has 1 aromatic heterocycles. The maximum absolute atomic E-state index is 11.1. The smallest absolute Gasteiger partial charge is 0.339 e. The minimum Gasteiger partial charge on any atom is -0.478 e. The summed E-state index contributed by atoms with van der Waals surface area (Å²) in [6.45, 7) is 4.46. The molecule has 0 amide bonds. The van der Waals surface area contributed by atoms with Gasteiger partial charge in [-0.3, -0.25) is 4.98 Å². The number of benzene rings is 1. The van der Waals surface area contributed by atoms with E-state index in [4.69, 9.17) is 5.11 Å². The van der Waals surface area contributed by atoms with Crippen molar-refractivity contribution in [1.82, 2.24) is 4.98 Å². The van der Waals surface area contributed by atoms with E-state index in [0.717, 1.165) is 11.3 Å². The zero-order chi connectivity index (χ0) is 13.8. The Labute approximate surface area is 112 Å². The van der Waals surface area contributed by atoms with Crippen molar-refractivity contribution < 1.29 is 9.90 Å². The van der Waals surface area contributed by atoms with Gasteiger partial charge in [0.25, 0.3) is 0 Å². The number of hydrogen-bond acceptors (Lipinski definition) is 3. The Balaban J connectivity index is 2.16. The van der Waals surface area contributed by atoms with Crippen molar-refractivity contribution in [2.75, 3.05) is 5.32 Å². The maximum atomic E-state index is 11.1. The number of aromatic nitrogens is 1. The molecule has 2 N–H and O–H groups in total. The highest BCUT2D eigenvalue weighted by atomic mass is 16.4. The predicted molar refractivity (Wildman–Crippen MR) is 74.4 cm³/mol. The Hall–Kier alpha value is -2.36. The van der Waals surface area contributed by atoms with Gasteiger partial charge < -0.3 is 10.4 Å². The quantitative estimate of drug-likeness (QED) is 0.882. The van der Waals surface area contributed by atoms with E-state index in [-0.39, 0.29) is 5.56 Å². The van der Waals surface area contributed by atoms with Gasteiger partial charge in [-0.15, -0.1) is 0 Å². The molecule has 19 heavy (non-hydrogen) atoms. The summed E-state index contributed by atoms with van der Waals surface area (Å²) in [5.41, 5.74) is 3.89. The van der Waals surface area contributed by atoms with Crippen LogP contribution < -0.4 is 5.32 Å². The van der Waals surface area contributed by atoms with Crippen molar-refractivity contribution in [3.63, 3.8) is 0 Å². The molecule has 0 saturated heterocycles. The van der Waals surface area contributed by atoms with E-state index in [2.05, 4.69) is 10.3 Å². The van der Waals surface area contributed by atoms with Gasteiger partial charge in [-0.25, -0.2) is 4.79 Å². The fourth-order valence-electron chi connectivity index (χ4n) is 1.78. The van der Waals surface area contributed by atoms with Gasteiger partial charge >= 0.3 is 5.97 Å². The van der Waals surface area contributed by atoms with Crippen molar-refractivity contribution in [2.45, 2.75) is 20.4 Å². The van der Waals surface area contributed by atoms with Gasteiger partial charge in [-0.2, -0.15) is 0 Å². The summed E-state index contributed by atoms with van der Waals surface area (Å²) < 4.78 is 0. The third kappa shape index (κ3) is 3.31. The average Bonchev–Trinajstić information content (AvgIpc) is 2.38. The predicted octanol–water partition coefficient (Wildman–Crippen LogP) is 3.01. The monoisotopic (exact) mass is 256 g/mol. The molecule has 0 spiro atoms. The van der Waals surface area contributed by atoms with Gasteiger partial charge in [0.15, 0.2) is 0 Å². The van der Waals surface area contributed by atoms with Crippen molar-refractivity contribution in [3.05, 3.63) is 58.9 Å². The van der Waals surface area contributed by atoms with Gasteiger partial charge in [0.1, 0.15) is 5.56 Å². The number of anilines is 1. The molecule has 0 aliphatic rings. The standard InChI is InChI=1S/C15H16N2O2/c1-10-3-5-12(6-4-10)8-17-14-7-11(2)16-9-13(14)15(18)19/h3-7,9H,8H2,1-2H3,(H,16,17)(H,18,19). The van der Waals surface area contributed by atoms with Gasteiger partial charge in [0.2, 0.25) is 0 Å². The zero-order valence-electron chi connectivity index (χ0n) is 11.0. The third-order valence-electron chi connectivity index (χ3n) is 2.87. The Morgan fingerprint density at radius 1 is 1.26 bits per heavy atom. The number of nitrogens with zero attached hydrogens (tertiary/aromatic N) is 1. The van der Waals surface area contributed by atoms with Crippen molar-refractivity contribution in [2.24, 2.45) is 0 Å². The molecule has 2 aromatic rings. The number of pyridine rings is 1. The number of aryl methyl sites for hydroxylation is 2. The normalized spacial score (nSPS) is 10.2. The molecule has 0 atom stereocenters. The van der Waals surface area contributed by atoms with Crippen LogP contribution in [0.5, 0.6) is 0 Å². The van der Waals surface area contributed by atoms with Crippen LogP contribution in [0, 0.1) is 13.8 Å². The second-order valence-corrected chi connectivity index (χ2v) is 4.52. The average molecular weight is 256 g/mol. The van der Waals surface area contributed by atoms with E-state index in [0.29, 0.717) is 12.2 Å². The molecule has 0 fully saturated rings. The van der Waals surface area contributed by atoms with Crippen LogP contribution in [0.3, 0.4) is 0 Å². The number of nitrogens with one attached hydrogen (secondary N) is 1. The fraction of sp³-hybridized carbons (Fsp3) is 0.200. The summed E-state index contributed by atoms with van der Waals surface area (Å²) >= 11 is 0. The Morgan fingerprint density at radius 2 is 1.95 bits per heavy atom. The van der Waals surface area contributed by atoms with Crippen LogP contribution in [0.4, 0.5) is 5.69 Å². The van der Waals surface area contributed by atoms with Crippen LogP contribution in [0.25, 0.3) is 0 Å². The highest BCUT2D eigenvalue weighted by Crippen LogP contribution is 2.17. The van der Waals surface area contributed by atoms with Crippen LogP contribution in [-0.2, 0) is 6.54 Å². The molecule has 0 radical (unpaired) electrons. The summed E-state index contributed by atoms with van der Waals surface area (Å²) in [6, 6.07) is 9.87. The lowest BCUT2D eigenvalue weighted by atomic mass is 10.1. The highest BCUT2D eigenvalue weighted by molar-refractivity contribution is 5.93. The molecule has 0 bridgehead atoms. The minimum absolute atomic E-state index is 0.192. The first-order valence-corrected chi connectivity index (χ1v) is 6.05. The number of carboxylic acid groups (broad SMARTS) is 1. The zero-order valence-corrected chi connectivity index (χ0v) is 11.0. The number of hydrogen-bond donors (Lipinski definition) is 2. The Morgan fingerprint density at radius 3 is 2.58 bits per heavy atom. The van der Waals surface area contributed by atoms with Gasteiger partial charge in [0, 0.05) is 18.4 Å². The lowest BCUT2D eigenvalue weighted by Crippen LogP contribution is -2.07. The SMILES string of the molecule is Cc1ccc(CNc2cc(C)ncc2C(=O)O)cc1. The fourth-order valence-corrected chi connectivity index (χ4v) is 1.78. The number of aromatic carboxylic acids is 1. The summed E-state index contributed by atoms with van der Waals surface area (Å²) in [6.07, 6.45) is 1.38. The molecule has 0 saturated carbocycles. The van der Waals surface area contributed by atoms with Gasteiger partial charge in [-0.1, -0.05) is 29.8 Å². The van der Waals surface area contributed by atoms with Crippen LogP contribution in [0.1, 0.15) is 27.2 Å². The molecule has 4 heteroatoms. The molecule has 2 rings (SSSR count). The third-order valence-corrected chi connectivity index (χ3v) is 2.87. The van der Waals surface area contributed by atoms with E-state index < -0.39 is 5.97 Å². The van der Waals surface area contributed by atoms with Crippen molar-refractivity contribution in [1.29, 1.82) is 0 Å². The van der Waals surface area contributed by atoms with Crippen LogP contribution in [0.15, 0.2) is 36.5 Å². The van der Waals surface area contributed by atoms with E-state index in [1.807, 2.05) is 38.1 Å². The van der Waals surface area contributed by atoms with Crippen molar-refractivity contribution >= 4 is 11.7 Å². The van der Waals surface area contributed by atoms with Crippen molar-refractivity contribution in [3.8, 4) is 0 Å². The molecule has 0 aliphatic carbocycles. The largest absolute Gasteiger partial charge is 0.478 e. The number of carbonyl (C=O) groups is 1. The van der Waals surface area contributed by atoms with Gasteiger partial charge in [0.05, 0.1) is 5.69 Å². The number of carboxylic acids is 1. The molecule has 1 heterocycles.